The molecular weight excluding hydrogens is 362 g/mol. The number of aromatic nitrogens is 2. The Morgan fingerprint density at radius 3 is 2.71 bits per heavy atom. The van der Waals surface area contributed by atoms with Crippen molar-refractivity contribution in [2.24, 2.45) is 0 Å². The van der Waals surface area contributed by atoms with E-state index in [0.717, 1.165) is 10.5 Å². The van der Waals surface area contributed by atoms with Gasteiger partial charge >= 0.3 is 0 Å². The summed E-state index contributed by atoms with van der Waals surface area (Å²) in [6.07, 6.45) is 0. The number of imidazole rings is 1. The predicted octanol–water partition coefficient (Wildman–Crippen LogP) is 5.37. The van der Waals surface area contributed by atoms with Crippen LogP contribution < -0.4 is 0 Å². The van der Waals surface area contributed by atoms with E-state index in [-0.39, 0.29) is 5.69 Å². The van der Waals surface area contributed by atoms with Gasteiger partial charge in [0.2, 0.25) is 0 Å². The molecule has 1 unspecified atom stereocenters. The van der Waals surface area contributed by atoms with Gasteiger partial charge in [0.25, 0.3) is 0 Å². The summed E-state index contributed by atoms with van der Waals surface area (Å²) in [5.41, 5.74) is 1.43. The Hall–Kier alpha value is -1.46. The molecule has 1 heterocycles. The molecule has 3 rings (SSSR count). The van der Waals surface area contributed by atoms with Crippen LogP contribution in [0.2, 0.25) is 0 Å². The van der Waals surface area contributed by atoms with Crippen LogP contribution in [0.25, 0.3) is 16.7 Å². The highest BCUT2D eigenvalue weighted by atomic mass is 79.9. The fourth-order valence-electron chi connectivity index (χ4n) is 2.26. The van der Waals surface area contributed by atoms with Gasteiger partial charge < -0.3 is 0 Å². The summed E-state index contributed by atoms with van der Waals surface area (Å²) < 4.78 is 30.1. The Morgan fingerprint density at radius 1 is 1.24 bits per heavy atom. The smallest absolute Gasteiger partial charge is 0.182 e. The van der Waals surface area contributed by atoms with Crippen LogP contribution in [-0.4, -0.2) is 9.55 Å². The van der Waals surface area contributed by atoms with Crippen molar-refractivity contribution < 1.29 is 8.78 Å². The van der Waals surface area contributed by atoms with E-state index in [2.05, 4.69) is 20.9 Å². The van der Waals surface area contributed by atoms with E-state index in [4.69, 9.17) is 11.6 Å². The third-order valence-electron chi connectivity index (χ3n) is 3.17. The molecule has 0 saturated carbocycles. The van der Waals surface area contributed by atoms with Crippen molar-refractivity contribution in [3.05, 3.63) is 58.3 Å². The Labute approximate surface area is 133 Å². The number of hydrogen-bond acceptors (Lipinski definition) is 1. The first-order valence-corrected chi connectivity index (χ1v) is 7.48. The minimum absolute atomic E-state index is 0.0994. The third-order valence-corrected chi connectivity index (χ3v) is 3.86. The van der Waals surface area contributed by atoms with Gasteiger partial charge in [0.15, 0.2) is 11.6 Å². The van der Waals surface area contributed by atoms with Gasteiger partial charge in [-0.15, -0.1) is 11.6 Å². The monoisotopic (exact) mass is 370 g/mol. The number of halogens is 4. The summed E-state index contributed by atoms with van der Waals surface area (Å²) >= 11 is 9.52. The number of alkyl halides is 1. The van der Waals surface area contributed by atoms with E-state index >= 15 is 0 Å². The maximum absolute atomic E-state index is 14.1. The Morgan fingerprint density at radius 2 is 2.00 bits per heavy atom. The normalized spacial score (nSPS) is 12.8. The maximum Gasteiger partial charge on any atom is 0.182 e. The molecule has 0 aliphatic rings. The van der Waals surface area contributed by atoms with Gasteiger partial charge in [0, 0.05) is 4.47 Å². The average Bonchev–Trinajstić information content (AvgIpc) is 2.80. The second kappa shape index (κ2) is 5.39. The summed E-state index contributed by atoms with van der Waals surface area (Å²) in [5.74, 6) is -1.35. The van der Waals surface area contributed by atoms with Gasteiger partial charge in [-0.3, -0.25) is 4.57 Å². The number of nitrogens with zero attached hydrogens (tertiary/aromatic N) is 2. The second-order valence-corrected chi connectivity index (χ2v) is 6.20. The molecule has 1 atom stereocenters. The summed E-state index contributed by atoms with van der Waals surface area (Å²) in [5, 5.41) is -0.446. The minimum atomic E-state index is -0.918. The Kier molecular flexibility index (Phi) is 3.71. The molecule has 0 spiro atoms. The molecule has 0 saturated heterocycles. The lowest BCUT2D eigenvalue weighted by Crippen LogP contribution is -2.05. The lowest BCUT2D eigenvalue weighted by Gasteiger charge is -2.11. The summed E-state index contributed by atoms with van der Waals surface area (Å²) in [6, 6.07) is 9.47. The zero-order valence-electron chi connectivity index (χ0n) is 10.9. The quantitative estimate of drug-likeness (QED) is 0.554. The molecule has 2 nitrogen and oxygen atoms in total. The SMILES string of the molecule is CC(Cl)c1nc2cc(Br)ccc2n1-c1cccc(F)c1F. The molecule has 0 fully saturated rings. The van der Waals surface area contributed by atoms with Crippen molar-refractivity contribution in [1.82, 2.24) is 9.55 Å². The van der Waals surface area contributed by atoms with E-state index in [9.17, 15) is 8.78 Å². The highest BCUT2D eigenvalue weighted by Crippen LogP contribution is 2.31. The van der Waals surface area contributed by atoms with Crippen LogP contribution in [0.3, 0.4) is 0 Å². The van der Waals surface area contributed by atoms with Gasteiger partial charge in [-0.1, -0.05) is 22.0 Å². The molecule has 2 aromatic carbocycles. The molecule has 21 heavy (non-hydrogen) atoms. The number of rotatable bonds is 2. The minimum Gasteiger partial charge on any atom is -0.292 e. The number of benzene rings is 2. The zero-order chi connectivity index (χ0) is 15.1. The molecule has 3 aromatic rings. The van der Waals surface area contributed by atoms with Gasteiger partial charge in [-0.2, -0.15) is 0 Å². The molecule has 0 aliphatic carbocycles. The van der Waals surface area contributed by atoms with Crippen LogP contribution >= 0.6 is 27.5 Å². The van der Waals surface area contributed by atoms with Crippen molar-refractivity contribution in [2.75, 3.05) is 0 Å². The van der Waals surface area contributed by atoms with Crippen LogP contribution in [0.4, 0.5) is 8.78 Å². The molecule has 0 amide bonds. The van der Waals surface area contributed by atoms with E-state index in [0.29, 0.717) is 16.9 Å². The van der Waals surface area contributed by atoms with E-state index < -0.39 is 17.0 Å². The molecule has 0 N–H and O–H groups in total. The van der Waals surface area contributed by atoms with Crippen LogP contribution in [0.15, 0.2) is 40.9 Å². The van der Waals surface area contributed by atoms with Gasteiger partial charge in [0.05, 0.1) is 22.1 Å². The van der Waals surface area contributed by atoms with Crippen molar-refractivity contribution >= 4 is 38.6 Å². The first-order chi connectivity index (χ1) is 9.99. The summed E-state index contributed by atoms with van der Waals surface area (Å²) in [6.45, 7) is 1.74. The molecule has 0 aliphatic heterocycles. The van der Waals surface area contributed by atoms with Crippen molar-refractivity contribution in [1.29, 1.82) is 0 Å². The fourth-order valence-corrected chi connectivity index (χ4v) is 2.75. The predicted molar refractivity (Wildman–Crippen MR) is 83.0 cm³/mol. The second-order valence-electron chi connectivity index (χ2n) is 4.63. The fraction of sp³-hybridized carbons (Fsp3) is 0.133. The van der Waals surface area contributed by atoms with E-state index in [1.807, 2.05) is 12.1 Å². The molecule has 108 valence electrons. The Bertz CT molecular complexity index is 830. The molecule has 0 radical (unpaired) electrons. The largest absolute Gasteiger partial charge is 0.292 e. The topological polar surface area (TPSA) is 17.8 Å². The molecule has 0 bridgehead atoms. The van der Waals surface area contributed by atoms with Gasteiger partial charge in [-0.05, 0) is 37.3 Å². The van der Waals surface area contributed by atoms with E-state index in [1.165, 1.54) is 12.1 Å². The van der Waals surface area contributed by atoms with Crippen molar-refractivity contribution in [3.8, 4) is 5.69 Å². The van der Waals surface area contributed by atoms with Gasteiger partial charge in [-0.25, -0.2) is 13.8 Å². The number of fused-ring (bicyclic) bond motifs is 1. The number of hydrogen-bond donors (Lipinski definition) is 0. The maximum atomic E-state index is 14.1. The van der Waals surface area contributed by atoms with Crippen molar-refractivity contribution in [3.63, 3.8) is 0 Å². The average molecular weight is 372 g/mol. The summed E-state index contributed by atoms with van der Waals surface area (Å²) in [4.78, 5) is 4.43. The zero-order valence-corrected chi connectivity index (χ0v) is 13.3. The first kappa shape index (κ1) is 14.5. The first-order valence-electron chi connectivity index (χ1n) is 6.25. The molecular formula is C15H10BrClF2N2. The van der Waals surface area contributed by atoms with Crippen LogP contribution in [0.1, 0.15) is 18.1 Å². The Balaban J connectivity index is 2.39. The van der Waals surface area contributed by atoms with Crippen molar-refractivity contribution in [2.45, 2.75) is 12.3 Å². The lowest BCUT2D eigenvalue weighted by molar-refractivity contribution is 0.504. The van der Waals surface area contributed by atoms with Crippen LogP contribution in [-0.2, 0) is 0 Å². The van der Waals surface area contributed by atoms with E-state index in [1.54, 1.807) is 17.6 Å². The lowest BCUT2D eigenvalue weighted by atomic mass is 10.2. The van der Waals surface area contributed by atoms with Crippen LogP contribution in [0.5, 0.6) is 0 Å². The molecule has 6 heteroatoms. The van der Waals surface area contributed by atoms with Crippen LogP contribution in [0, 0.1) is 11.6 Å². The van der Waals surface area contributed by atoms with Gasteiger partial charge in [0.1, 0.15) is 5.82 Å². The highest BCUT2D eigenvalue weighted by molar-refractivity contribution is 9.10. The summed E-state index contributed by atoms with van der Waals surface area (Å²) in [7, 11) is 0. The third kappa shape index (κ3) is 2.45. The highest BCUT2D eigenvalue weighted by Gasteiger charge is 2.20. The molecule has 1 aromatic heterocycles. The standard InChI is InChI=1S/C15H10BrClF2N2/c1-8(17)15-20-11-7-9(16)5-6-12(11)21(15)13-4-2-3-10(18)14(13)19/h2-8H,1H3.